The number of fused-ring (bicyclic) bond motifs is 1. The zero-order valence-electron chi connectivity index (χ0n) is 10.6. The van der Waals surface area contributed by atoms with E-state index < -0.39 is 0 Å². The number of nitrogens with one attached hydrogen (secondary N) is 1. The van der Waals surface area contributed by atoms with Gasteiger partial charge in [0.05, 0.1) is 5.69 Å². The minimum Gasteiger partial charge on any atom is -0.335 e. The van der Waals surface area contributed by atoms with Gasteiger partial charge in [-0.15, -0.1) is 11.3 Å². The average molecular weight is 253 g/mol. The molecule has 1 unspecified atom stereocenters. The van der Waals surface area contributed by atoms with Crippen LogP contribution in [0.15, 0.2) is 0 Å². The monoisotopic (exact) mass is 253 g/mol. The molecule has 94 valence electrons. The van der Waals surface area contributed by atoms with Crippen LogP contribution in [0, 0.1) is 0 Å². The second-order valence-electron chi connectivity index (χ2n) is 4.42. The Morgan fingerprint density at radius 3 is 3.00 bits per heavy atom. The van der Waals surface area contributed by atoms with Crippen LogP contribution in [0.4, 0.5) is 0 Å². The van der Waals surface area contributed by atoms with E-state index in [1.165, 1.54) is 11.3 Å². The zero-order valence-corrected chi connectivity index (χ0v) is 11.4. The fourth-order valence-corrected chi connectivity index (χ4v) is 3.14. The van der Waals surface area contributed by atoms with Crippen LogP contribution >= 0.6 is 11.3 Å². The van der Waals surface area contributed by atoms with Crippen LogP contribution < -0.4 is 5.32 Å². The Kier molecular flexibility index (Phi) is 3.79. The van der Waals surface area contributed by atoms with E-state index >= 15 is 0 Å². The maximum atomic E-state index is 12.3. The summed E-state index contributed by atoms with van der Waals surface area (Å²) < 4.78 is 0. The SMILES string of the molecule is CCC(C)N1CCc2nc(CNC)sc2C1=O. The first-order chi connectivity index (χ1) is 8.17. The molecule has 0 aliphatic carbocycles. The van der Waals surface area contributed by atoms with Crippen LogP contribution in [0.3, 0.4) is 0 Å². The fraction of sp³-hybridized carbons (Fsp3) is 0.667. The summed E-state index contributed by atoms with van der Waals surface area (Å²) in [6.07, 6.45) is 1.90. The average Bonchev–Trinajstić information content (AvgIpc) is 2.73. The van der Waals surface area contributed by atoms with Gasteiger partial charge >= 0.3 is 0 Å². The number of thiazole rings is 1. The van der Waals surface area contributed by atoms with Crippen molar-refractivity contribution in [1.82, 2.24) is 15.2 Å². The number of carbonyl (C=O) groups excluding carboxylic acids is 1. The molecule has 1 N–H and O–H groups in total. The molecule has 1 aromatic rings. The van der Waals surface area contributed by atoms with Crippen molar-refractivity contribution in [2.45, 2.75) is 39.3 Å². The first-order valence-electron chi connectivity index (χ1n) is 6.11. The van der Waals surface area contributed by atoms with Gasteiger partial charge in [0.25, 0.3) is 5.91 Å². The Labute approximate surface area is 106 Å². The van der Waals surface area contributed by atoms with Crippen molar-refractivity contribution in [1.29, 1.82) is 0 Å². The van der Waals surface area contributed by atoms with E-state index in [-0.39, 0.29) is 5.91 Å². The highest BCUT2D eigenvalue weighted by Gasteiger charge is 2.30. The highest BCUT2D eigenvalue weighted by atomic mass is 32.1. The Balaban J connectivity index is 2.23. The molecular weight excluding hydrogens is 234 g/mol. The second kappa shape index (κ2) is 5.14. The van der Waals surface area contributed by atoms with Gasteiger partial charge in [-0.2, -0.15) is 0 Å². The lowest BCUT2D eigenvalue weighted by molar-refractivity contribution is 0.0675. The van der Waals surface area contributed by atoms with Crippen molar-refractivity contribution in [2.75, 3.05) is 13.6 Å². The van der Waals surface area contributed by atoms with Crippen LogP contribution in [0.5, 0.6) is 0 Å². The van der Waals surface area contributed by atoms with Gasteiger partial charge in [-0.25, -0.2) is 4.98 Å². The van der Waals surface area contributed by atoms with Crippen molar-refractivity contribution >= 4 is 17.2 Å². The van der Waals surface area contributed by atoms with Gasteiger partial charge in [-0.05, 0) is 20.4 Å². The number of nitrogens with zero attached hydrogens (tertiary/aromatic N) is 2. The van der Waals surface area contributed by atoms with Crippen LogP contribution in [-0.2, 0) is 13.0 Å². The lowest BCUT2D eigenvalue weighted by Crippen LogP contribution is -2.42. The van der Waals surface area contributed by atoms with E-state index in [0.29, 0.717) is 6.04 Å². The smallest absolute Gasteiger partial charge is 0.266 e. The molecule has 17 heavy (non-hydrogen) atoms. The molecule has 2 rings (SSSR count). The first kappa shape index (κ1) is 12.5. The third-order valence-corrected chi connectivity index (χ3v) is 4.32. The molecular formula is C12H19N3OS. The third kappa shape index (κ3) is 2.35. The molecule has 0 bridgehead atoms. The molecule has 0 saturated carbocycles. The Morgan fingerprint density at radius 2 is 2.35 bits per heavy atom. The number of aromatic nitrogens is 1. The minimum atomic E-state index is 0.167. The van der Waals surface area contributed by atoms with E-state index in [4.69, 9.17) is 0 Å². The number of carbonyl (C=O) groups is 1. The van der Waals surface area contributed by atoms with E-state index in [1.807, 2.05) is 11.9 Å². The van der Waals surface area contributed by atoms with Crippen molar-refractivity contribution in [3.8, 4) is 0 Å². The third-order valence-electron chi connectivity index (χ3n) is 3.24. The fourth-order valence-electron chi connectivity index (χ4n) is 2.06. The van der Waals surface area contributed by atoms with E-state index in [2.05, 4.69) is 24.1 Å². The zero-order chi connectivity index (χ0) is 12.4. The summed E-state index contributed by atoms with van der Waals surface area (Å²) in [6.45, 7) is 5.78. The first-order valence-corrected chi connectivity index (χ1v) is 6.93. The number of hydrogen-bond donors (Lipinski definition) is 1. The number of rotatable bonds is 4. The summed E-state index contributed by atoms with van der Waals surface area (Å²) in [5, 5.41) is 4.09. The predicted molar refractivity (Wildman–Crippen MR) is 69.4 cm³/mol. The summed E-state index contributed by atoms with van der Waals surface area (Å²) in [4.78, 5) is 19.7. The molecule has 5 heteroatoms. The normalized spacial score (nSPS) is 17.1. The summed E-state index contributed by atoms with van der Waals surface area (Å²) >= 11 is 1.53. The Morgan fingerprint density at radius 1 is 1.59 bits per heavy atom. The largest absolute Gasteiger partial charge is 0.335 e. The van der Waals surface area contributed by atoms with Crippen molar-refractivity contribution < 1.29 is 4.79 Å². The molecule has 1 amide bonds. The molecule has 0 aromatic carbocycles. The quantitative estimate of drug-likeness (QED) is 0.887. The van der Waals surface area contributed by atoms with Gasteiger partial charge in [0, 0.05) is 25.6 Å². The van der Waals surface area contributed by atoms with E-state index in [0.717, 1.165) is 41.5 Å². The predicted octanol–water partition coefficient (Wildman–Crippen LogP) is 1.66. The number of amides is 1. The summed E-state index contributed by atoms with van der Waals surface area (Å²) in [7, 11) is 1.90. The van der Waals surface area contributed by atoms with E-state index in [9.17, 15) is 4.79 Å². The topological polar surface area (TPSA) is 45.2 Å². The maximum Gasteiger partial charge on any atom is 0.266 e. The number of hydrogen-bond acceptors (Lipinski definition) is 4. The Hall–Kier alpha value is -0.940. The minimum absolute atomic E-state index is 0.167. The molecule has 0 fully saturated rings. The van der Waals surface area contributed by atoms with Crippen LogP contribution in [0.1, 0.15) is 40.6 Å². The van der Waals surface area contributed by atoms with Crippen molar-refractivity contribution in [2.24, 2.45) is 0 Å². The van der Waals surface area contributed by atoms with Gasteiger partial charge in [0.2, 0.25) is 0 Å². The maximum absolute atomic E-state index is 12.3. The van der Waals surface area contributed by atoms with Crippen LogP contribution in [-0.4, -0.2) is 35.4 Å². The molecule has 1 atom stereocenters. The van der Waals surface area contributed by atoms with Gasteiger partial charge in [-0.3, -0.25) is 4.79 Å². The lowest BCUT2D eigenvalue weighted by atomic mass is 10.1. The van der Waals surface area contributed by atoms with Crippen molar-refractivity contribution in [3.05, 3.63) is 15.6 Å². The van der Waals surface area contributed by atoms with Crippen molar-refractivity contribution in [3.63, 3.8) is 0 Å². The molecule has 1 aliphatic rings. The summed E-state index contributed by atoms with van der Waals surface area (Å²) in [5.41, 5.74) is 0.991. The van der Waals surface area contributed by atoms with Gasteiger partial charge in [0.1, 0.15) is 9.88 Å². The Bertz CT molecular complexity index is 416. The molecule has 1 aliphatic heterocycles. The highest BCUT2D eigenvalue weighted by molar-refractivity contribution is 7.13. The summed E-state index contributed by atoms with van der Waals surface area (Å²) in [5.74, 6) is 0.167. The standard InChI is InChI=1S/C12H19N3OS/c1-4-8(2)15-6-5-9-11(12(15)16)17-10(14-9)7-13-3/h8,13H,4-7H2,1-3H3. The van der Waals surface area contributed by atoms with Crippen LogP contribution in [0.25, 0.3) is 0 Å². The second-order valence-corrected chi connectivity index (χ2v) is 5.50. The molecule has 0 spiro atoms. The molecule has 4 nitrogen and oxygen atoms in total. The molecule has 1 aromatic heterocycles. The molecule has 0 radical (unpaired) electrons. The lowest BCUT2D eigenvalue weighted by Gasteiger charge is -2.31. The van der Waals surface area contributed by atoms with Gasteiger partial charge in [-0.1, -0.05) is 6.92 Å². The molecule has 2 heterocycles. The molecule has 0 saturated heterocycles. The highest BCUT2D eigenvalue weighted by Crippen LogP contribution is 2.26. The van der Waals surface area contributed by atoms with E-state index in [1.54, 1.807) is 0 Å². The van der Waals surface area contributed by atoms with Gasteiger partial charge in [0.15, 0.2) is 0 Å². The van der Waals surface area contributed by atoms with Gasteiger partial charge < -0.3 is 10.2 Å². The van der Waals surface area contributed by atoms with Crippen LogP contribution in [0.2, 0.25) is 0 Å². The summed E-state index contributed by atoms with van der Waals surface area (Å²) in [6, 6.07) is 0.325.